The SMILES string of the molecule is [B]1CCOON1. The molecular formula is C2H5BNO2. The Morgan fingerprint density at radius 2 is 2.67 bits per heavy atom. The molecule has 1 rings (SSSR count). The second-order valence-corrected chi connectivity index (χ2v) is 1.02. The summed E-state index contributed by atoms with van der Waals surface area (Å²) in [6.07, 6.45) is 0.917. The summed E-state index contributed by atoms with van der Waals surface area (Å²) in [5, 5.41) is 2.44. The molecule has 1 N–H and O–H groups in total. The van der Waals surface area contributed by atoms with Gasteiger partial charge in [0, 0.05) is 0 Å². The van der Waals surface area contributed by atoms with Gasteiger partial charge in [-0.25, -0.2) is 10.3 Å². The summed E-state index contributed by atoms with van der Waals surface area (Å²) in [7, 11) is 1.80. The van der Waals surface area contributed by atoms with Crippen molar-refractivity contribution in [2.24, 2.45) is 0 Å². The van der Waals surface area contributed by atoms with Crippen LogP contribution in [0.4, 0.5) is 0 Å². The highest BCUT2D eigenvalue weighted by molar-refractivity contribution is 6.31. The summed E-state index contributed by atoms with van der Waals surface area (Å²) in [5.74, 6) is 0. The second-order valence-electron chi connectivity index (χ2n) is 1.02. The van der Waals surface area contributed by atoms with E-state index in [2.05, 4.69) is 15.3 Å². The molecule has 0 amide bonds. The van der Waals surface area contributed by atoms with Crippen molar-refractivity contribution < 1.29 is 9.88 Å². The third-order valence-corrected chi connectivity index (χ3v) is 0.536. The Bertz CT molecular complexity index is 27.0. The number of rotatable bonds is 0. The molecular weight excluding hydrogens is 80.8 g/mol. The first-order chi connectivity index (χ1) is 3.00. The van der Waals surface area contributed by atoms with E-state index in [0.29, 0.717) is 6.61 Å². The summed E-state index contributed by atoms with van der Waals surface area (Å²) in [4.78, 5) is 8.69. The topological polar surface area (TPSA) is 30.5 Å². The van der Waals surface area contributed by atoms with Gasteiger partial charge in [-0.2, -0.15) is 4.99 Å². The van der Waals surface area contributed by atoms with Crippen molar-refractivity contribution >= 4 is 7.41 Å². The molecule has 1 heterocycles. The predicted octanol–water partition coefficient (Wildman–Crippen LogP) is -0.510. The van der Waals surface area contributed by atoms with Gasteiger partial charge in [-0.05, 0) is 6.32 Å². The Kier molecular flexibility index (Phi) is 1.49. The van der Waals surface area contributed by atoms with Crippen LogP contribution in [-0.2, 0) is 9.88 Å². The predicted molar refractivity (Wildman–Crippen MR) is 20.7 cm³/mol. The first kappa shape index (κ1) is 4.11. The van der Waals surface area contributed by atoms with Crippen LogP contribution in [0.15, 0.2) is 0 Å². The van der Waals surface area contributed by atoms with Crippen molar-refractivity contribution in [3.05, 3.63) is 0 Å². The fourth-order valence-corrected chi connectivity index (χ4v) is 0.276. The van der Waals surface area contributed by atoms with Crippen molar-refractivity contribution in [1.29, 1.82) is 0 Å². The summed E-state index contributed by atoms with van der Waals surface area (Å²) >= 11 is 0. The van der Waals surface area contributed by atoms with E-state index in [0.717, 1.165) is 6.32 Å². The van der Waals surface area contributed by atoms with E-state index in [4.69, 9.17) is 0 Å². The molecule has 3 nitrogen and oxygen atoms in total. The van der Waals surface area contributed by atoms with Crippen molar-refractivity contribution in [2.75, 3.05) is 6.61 Å². The zero-order valence-corrected chi connectivity index (χ0v) is 3.31. The maximum Gasteiger partial charge on any atom is 0.248 e. The highest BCUT2D eigenvalue weighted by atomic mass is 17.3. The lowest BCUT2D eigenvalue weighted by atomic mass is 9.92. The summed E-state index contributed by atoms with van der Waals surface area (Å²) in [5.41, 5.74) is 0. The molecule has 0 aromatic heterocycles. The van der Waals surface area contributed by atoms with E-state index < -0.39 is 0 Å². The summed E-state index contributed by atoms with van der Waals surface area (Å²) in [6.45, 7) is 0.660. The summed E-state index contributed by atoms with van der Waals surface area (Å²) in [6, 6.07) is 0. The van der Waals surface area contributed by atoms with Crippen LogP contribution >= 0.6 is 0 Å². The van der Waals surface area contributed by atoms with Crippen molar-refractivity contribution in [2.45, 2.75) is 6.32 Å². The summed E-state index contributed by atoms with van der Waals surface area (Å²) < 4.78 is 0. The molecule has 0 aliphatic carbocycles. The third-order valence-electron chi connectivity index (χ3n) is 0.536. The Morgan fingerprint density at radius 3 is 2.83 bits per heavy atom. The largest absolute Gasteiger partial charge is 0.248 e. The molecule has 1 fully saturated rings. The third kappa shape index (κ3) is 0.968. The molecule has 0 spiro atoms. The van der Waals surface area contributed by atoms with Gasteiger partial charge in [0.15, 0.2) is 0 Å². The van der Waals surface area contributed by atoms with Crippen molar-refractivity contribution in [1.82, 2.24) is 5.39 Å². The monoisotopic (exact) mass is 86.0 g/mol. The zero-order valence-electron chi connectivity index (χ0n) is 3.31. The molecule has 1 saturated heterocycles. The molecule has 0 unspecified atom stereocenters. The molecule has 0 aromatic rings. The quantitative estimate of drug-likeness (QED) is 0.318. The van der Waals surface area contributed by atoms with Gasteiger partial charge in [-0.3, -0.25) is 0 Å². The lowest BCUT2D eigenvalue weighted by Crippen LogP contribution is -2.26. The number of hydrogen-bond acceptors (Lipinski definition) is 3. The van der Waals surface area contributed by atoms with E-state index in [1.807, 2.05) is 0 Å². The fraction of sp³-hybridized carbons (Fsp3) is 1.00. The average Bonchev–Trinajstić information content (AvgIpc) is 1.72. The average molecular weight is 85.9 g/mol. The van der Waals surface area contributed by atoms with Gasteiger partial charge in [0.2, 0.25) is 7.41 Å². The van der Waals surface area contributed by atoms with Gasteiger partial charge in [0.05, 0.1) is 6.61 Å². The van der Waals surface area contributed by atoms with Gasteiger partial charge in [-0.15, -0.1) is 0 Å². The first-order valence-electron chi connectivity index (χ1n) is 1.86. The van der Waals surface area contributed by atoms with Crippen LogP contribution < -0.4 is 5.39 Å². The Morgan fingerprint density at radius 1 is 1.67 bits per heavy atom. The van der Waals surface area contributed by atoms with E-state index in [-0.39, 0.29) is 0 Å². The van der Waals surface area contributed by atoms with E-state index in [9.17, 15) is 0 Å². The normalized spacial score (nSPS) is 22.7. The van der Waals surface area contributed by atoms with Crippen LogP contribution in [0.1, 0.15) is 0 Å². The Balaban J connectivity index is 2.00. The van der Waals surface area contributed by atoms with E-state index in [1.54, 1.807) is 7.41 Å². The molecule has 0 atom stereocenters. The highest BCUT2D eigenvalue weighted by Crippen LogP contribution is 1.85. The molecule has 1 radical (unpaired) electrons. The fourth-order valence-electron chi connectivity index (χ4n) is 0.276. The minimum absolute atomic E-state index is 0.660. The van der Waals surface area contributed by atoms with Crippen LogP contribution in [0.2, 0.25) is 6.32 Å². The number of nitrogens with one attached hydrogen (secondary N) is 1. The standard InChI is InChI=1S/C2H5BNO2/c1-2-5-6-4-3-1/h4H,1-2H2. The van der Waals surface area contributed by atoms with Gasteiger partial charge in [0.25, 0.3) is 0 Å². The van der Waals surface area contributed by atoms with E-state index in [1.165, 1.54) is 0 Å². The van der Waals surface area contributed by atoms with Gasteiger partial charge in [-0.1, -0.05) is 0 Å². The molecule has 6 heavy (non-hydrogen) atoms. The van der Waals surface area contributed by atoms with Crippen LogP contribution in [0.25, 0.3) is 0 Å². The minimum atomic E-state index is 0.660. The minimum Gasteiger partial charge on any atom is -0.220 e. The van der Waals surface area contributed by atoms with E-state index >= 15 is 0 Å². The Hall–Kier alpha value is -0.0551. The molecule has 0 aromatic carbocycles. The van der Waals surface area contributed by atoms with Crippen molar-refractivity contribution in [3.63, 3.8) is 0 Å². The molecule has 0 saturated carbocycles. The maximum absolute atomic E-state index is 4.43. The first-order valence-corrected chi connectivity index (χ1v) is 1.86. The molecule has 1 aliphatic rings. The Labute approximate surface area is 36.8 Å². The molecule has 0 bridgehead atoms. The molecule has 4 heteroatoms. The van der Waals surface area contributed by atoms with Crippen LogP contribution in [-0.4, -0.2) is 14.0 Å². The van der Waals surface area contributed by atoms with Crippen LogP contribution in [0.3, 0.4) is 0 Å². The highest BCUT2D eigenvalue weighted by Gasteiger charge is 1.97. The molecule has 33 valence electrons. The molecule has 1 aliphatic heterocycles. The van der Waals surface area contributed by atoms with Crippen LogP contribution in [0.5, 0.6) is 0 Å². The lowest BCUT2D eigenvalue weighted by molar-refractivity contribution is -0.323. The second kappa shape index (κ2) is 2.18. The maximum atomic E-state index is 4.43. The lowest BCUT2D eigenvalue weighted by Gasteiger charge is -2.07. The zero-order chi connectivity index (χ0) is 4.24. The smallest absolute Gasteiger partial charge is 0.220 e. The van der Waals surface area contributed by atoms with Gasteiger partial charge in [0.1, 0.15) is 0 Å². The van der Waals surface area contributed by atoms with Gasteiger partial charge >= 0.3 is 0 Å². The van der Waals surface area contributed by atoms with Crippen LogP contribution in [0, 0.1) is 0 Å². The van der Waals surface area contributed by atoms with Gasteiger partial charge < -0.3 is 0 Å². The number of hydrogen-bond donors (Lipinski definition) is 1. The van der Waals surface area contributed by atoms with Crippen molar-refractivity contribution in [3.8, 4) is 0 Å².